The molecule has 8 rings (SSSR count). The lowest BCUT2D eigenvalue weighted by molar-refractivity contribution is 0.0172. The lowest BCUT2D eigenvalue weighted by Gasteiger charge is -2.29. The molecule has 5 aromatic rings. The third-order valence-electron chi connectivity index (χ3n) is 10.3. The molecule has 3 aromatic carbocycles. The second-order valence-electron chi connectivity index (χ2n) is 16.9. The molecule has 3 aliphatic rings. The number of hydrogen-bond donors (Lipinski definition) is 2. The van der Waals surface area contributed by atoms with E-state index >= 15 is 0 Å². The number of nitrogens with zero attached hydrogens (tertiary/aromatic N) is 4. The van der Waals surface area contributed by atoms with E-state index in [1.165, 1.54) is 0 Å². The molecule has 0 radical (unpaired) electrons. The number of aromatic amines is 2. The SMILES string of the molecule is C.C.CC.CC1C[C@@H](c2ncc(-c3ccc(-c4ccc5cc(-c6cnc([C@@H]7CC8CC8N7C(=O)OC(C)(C)C)[nH]6)ccc5c4)cc3)[nH]2)N(C(=O)OC(C)(C)C)C1. The van der Waals surface area contributed by atoms with Gasteiger partial charge in [-0.2, -0.15) is 0 Å². The number of amides is 2. The maximum Gasteiger partial charge on any atom is 0.411 e. The van der Waals surface area contributed by atoms with Gasteiger partial charge in [0.2, 0.25) is 0 Å². The molecule has 56 heavy (non-hydrogen) atoms. The average molecular weight is 763 g/mol. The highest BCUT2D eigenvalue weighted by molar-refractivity contribution is 5.90. The number of likely N-dealkylation sites (tertiary alicyclic amines) is 2. The van der Waals surface area contributed by atoms with E-state index in [1.54, 1.807) is 4.90 Å². The van der Waals surface area contributed by atoms with Crippen LogP contribution >= 0.6 is 0 Å². The molecule has 3 unspecified atom stereocenters. The molecule has 1 aliphatic carbocycles. The van der Waals surface area contributed by atoms with Crippen molar-refractivity contribution in [1.82, 2.24) is 29.7 Å². The van der Waals surface area contributed by atoms with Crippen LogP contribution in [0, 0.1) is 11.8 Å². The number of ether oxygens (including phenoxy) is 2. The fourth-order valence-electron chi connectivity index (χ4n) is 7.85. The zero-order valence-electron chi connectivity index (χ0n) is 33.1. The van der Waals surface area contributed by atoms with Crippen molar-refractivity contribution < 1.29 is 19.1 Å². The Kier molecular flexibility index (Phi) is 12.1. The fraction of sp³-hybridized carbons (Fsp3) is 0.478. The molecule has 10 heteroatoms. The maximum absolute atomic E-state index is 13.1. The van der Waals surface area contributed by atoms with Gasteiger partial charge in [0.05, 0.1) is 35.9 Å². The highest BCUT2D eigenvalue weighted by atomic mass is 16.6. The summed E-state index contributed by atoms with van der Waals surface area (Å²) >= 11 is 0. The first-order chi connectivity index (χ1) is 25.7. The summed E-state index contributed by atoms with van der Waals surface area (Å²) in [7, 11) is 0. The summed E-state index contributed by atoms with van der Waals surface area (Å²) in [5, 5.41) is 2.29. The molecule has 3 fully saturated rings. The second-order valence-corrected chi connectivity index (χ2v) is 16.9. The largest absolute Gasteiger partial charge is 0.444 e. The average Bonchev–Trinajstić information content (AvgIpc) is 3.62. The molecule has 4 heterocycles. The molecule has 2 saturated heterocycles. The van der Waals surface area contributed by atoms with Crippen molar-refractivity contribution in [2.24, 2.45) is 11.8 Å². The van der Waals surface area contributed by atoms with E-state index in [0.717, 1.165) is 75.3 Å². The Bertz CT molecular complexity index is 2140. The number of aromatic nitrogens is 4. The number of fused-ring (bicyclic) bond motifs is 2. The number of nitrogens with one attached hydrogen (secondary N) is 2. The molecule has 0 bridgehead atoms. The van der Waals surface area contributed by atoms with Gasteiger partial charge >= 0.3 is 12.2 Å². The van der Waals surface area contributed by atoms with Gasteiger partial charge in [-0.05, 0) is 112 Å². The summed E-state index contributed by atoms with van der Waals surface area (Å²) in [6.07, 6.45) is 5.97. The van der Waals surface area contributed by atoms with Gasteiger partial charge in [-0.1, -0.05) is 84.2 Å². The highest BCUT2D eigenvalue weighted by Crippen LogP contribution is 2.53. The monoisotopic (exact) mass is 762 g/mol. The molecule has 2 amide bonds. The lowest BCUT2D eigenvalue weighted by atomic mass is 9.98. The van der Waals surface area contributed by atoms with Crippen molar-refractivity contribution in [1.29, 1.82) is 0 Å². The fourth-order valence-corrected chi connectivity index (χ4v) is 7.85. The van der Waals surface area contributed by atoms with Crippen LogP contribution in [0.5, 0.6) is 0 Å². The van der Waals surface area contributed by atoms with Gasteiger partial charge in [0.1, 0.15) is 22.9 Å². The molecule has 2 aromatic heterocycles. The van der Waals surface area contributed by atoms with Crippen LogP contribution in [-0.4, -0.2) is 65.7 Å². The van der Waals surface area contributed by atoms with Crippen LogP contribution in [-0.2, 0) is 9.47 Å². The Hall–Kier alpha value is -5.12. The molecule has 1 saturated carbocycles. The van der Waals surface area contributed by atoms with E-state index in [9.17, 15) is 9.59 Å². The van der Waals surface area contributed by atoms with Crippen LogP contribution in [0.2, 0.25) is 0 Å². The molecule has 300 valence electrons. The molecular weight excluding hydrogens is 701 g/mol. The van der Waals surface area contributed by atoms with Gasteiger partial charge in [-0.15, -0.1) is 0 Å². The van der Waals surface area contributed by atoms with Crippen molar-refractivity contribution in [2.45, 2.75) is 126 Å². The second kappa shape index (κ2) is 16.2. The molecule has 10 nitrogen and oxygen atoms in total. The third kappa shape index (κ3) is 8.79. The number of benzene rings is 3. The Morgan fingerprint density at radius 1 is 0.661 bits per heavy atom. The van der Waals surface area contributed by atoms with E-state index in [2.05, 4.69) is 77.6 Å². The van der Waals surface area contributed by atoms with E-state index in [1.807, 2.05) is 72.7 Å². The molecule has 2 N–H and O–H groups in total. The Morgan fingerprint density at radius 3 is 1.77 bits per heavy atom. The number of H-pyrrole nitrogens is 2. The van der Waals surface area contributed by atoms with Crippen LogP contribution < -0.4 is 0 Å². The summed E-state index contributed by atoms with van der Waals surface area (Å²) in [6, 6.07) is 21.5. The summed E-state index contributed by atoms with van der Waals surface area (Å²) in [5.41, 5.74) is 5.11. The van der Waals surface area contributed by atoms with Crippen LogP contribution in [0.1, 0.15) is 120 Å². The smallest absolute Gasteiger partial charge is 0.411 e. The predicted octanol–water partition coefficient (Wildman–Crippen LogP) is 12.0. The van der Waals surface area contributed by atoms with Crippen molar-refractivity contribution in [3.05, 3.63) is 84.7 Å². The maximum atomic E-state index is 13.1. The molecule has 0 spiro atoms. The predicted molar refractivity (Wildman–Crippen MR) is 226 cm³/mol. The first-order valence-electron chi connectivity index (χ1n) is 19.4. The highest BCUT2D eigenvalue weighted by Gasteiger charge is 2.56. The van der Waals surface area contributed by atoms with Crippen LogP contribution in [0.4, 0.5) is 9.59 Å². The number of imidazole rings is 2. The van der Waals surface area contributed by atoms with Crippen LogP contribution in [0.25, 0.3) is 44.4 Å². The minimum Gasteiger partial charge on any atom is -0.444 e. The standard InChI is InChI=1S/C42H48N6O4.C2H6.2CH4/c1-24-16-35(47(23-24)39(49)51-41(2,3)4)37-43-21-32(45-37)26-10-8-25(9-11-26)27-12-13-29-18-30(15-14-28(29)17-27)33-22-44-38(46-33)36-20-31-19-34(31)48(36)40(50)52-42(5,6)7;1-2;;/h8-15,17-18,21-22,24,31,34-36H,16,19-20,23H2,1-7H3,(H,43,45)(H,44,46);1-2H3;2*1H4/t24?,31?,34?,35-,36-;;;/m0.../s1. The van der Waals surface area contributed by atoms with Gasteiger partial charge in [0.25, 0.3) is 0 Å². The van der Waals surface area contributed by atoms with Crippen LogP contribution in [0.15, 0.2) is 73.1 Å². The van der Waals surface area contributed by atoms with Crippen LogP contribution in [0.3, 0.4) is 0 Å². The summed E-state index contributed by atoms with van der Waals surface area (Å²) < 4.78 is 11.4. The van der Waals surface area contributed by atoms with E-state index in [4.69, 9.17) is 19.4 Å². The van der Waals surface area contributed by atoms with E-state index < -0.39 is 11.2 Å². The number of hydrogen-bond acceptors (Lipinski definition) is 6. The summed E-state index contributed by atoms with van der Waals surface area (Å²) in [5.74, 6) is 2.49. The number of carbonyl (C=O) groups excluding carboxylic acids is 2. The van der Waals surface area contributed by atoms with Gasteiger partial charge in [-0.25, -0.2) is 19.6 Å². The lowest BCUT2D eigenvalue weighted by Crippen LogP contribution is -2.38. The number of piperidine rings is 1. The first kappa shape index (κ1) is 42.0. The molecule has 5 atom stereocenters. The van der Waals surface area contributed by atoms with Gasteiger partial charge in [0, 0.05) is 18.2 Å². The van der Waals surface area contributed by atoms with Gasteiger partial charge in [-0.3, -0.25) is 9.80 Å². The van der Waals surface area contributed by atoms with Crippen molar-refractivity contribution in [3.8, 4) is 33.6 Å². The van der Waals surface area contributed by atoms with Crippen molar-refractivity contribution in [3.63, 3.8) is 0 Å². The zero-order chi connectivity index (χ0) is 38.5. The van der Waals surface area contributed by atoms with Gasteiger partial charge < -0.3 is 19.4 Å². The zero-order valence-corrected chi connectivity index (χ0v) is 33.1. The van der Waals surface area contributed by atoms with E-state index in [-0.39, 0.29) is 45.2 Å². The summed E-state index contributed by atoms with van der Waals surface area (Å²) in [4.78, 5) is 46.2. The minimum absolute atomic E-state index is 0. The Morgan fingerprint density at radius 2 is 1.16 bits per heavy atom. The van der Waals surface area contributed by atoms with E-state index in [0.29, 0.717) is 18.4 Å². The quantitative estimate of drug-likeness (QED) is 0.184. The minimum atomic E-state index is -0.549. The number of carbonyl (C=O) groups is 2. The molecular formula is C46H62N6O4. The van der Waals surface area contributed by atoms with Gasteiger partial charge in [0.15, 0.2) is 0 Å². The Balaban J connectivity index is 0.00000148. The van der Waals surface area contributed by atoms with Crippen molar-refractivity contribution in [2.75, 3.05) is 6.54 Å². The Labute approximate surface area is 333 Å². The summed E-state index contributed by atoms with van der Waals surface area (Å²) in [6.45, 7) is 18.2. The molecule has 2 aliphatic heterocycles. The topological polar surface area (TPSA) is 116 Å². The van der Waals surface area contributed by atoms with Crippen molar-refractivity contribution >= 4 is 23.0 Å². The normalized spacial score (nSPS) is 21.3. The number of rotatable bonds is 5. The third-order valence-corrected chi connectivity index (χ3v) is 10.3. The first-order valence-corrected chi connectivity index (χ1v) is 19.4.